The summed E-state index contributed by atoms with van der Waals surface area (Å²) in [6, 6.07) is 15.2. The standard InChI is InChI=1S/C17H13IN2O2/c18-15-6-4-13(5-7-15)16-9-19-11-20(16)10-12-2-1-3-14(8-12)17(21)22/h1-9,11H,10H2,(H,21,22). The summed E-state index contributed by atoms with van der Waals surface area (Å²) in [5.41, 5.74) is 3.34. The number of rotatable bonds is 4. The van der Waals surface area contributed by atoms with E-state index in [2.05, 4.69) is 51.8 Å². The highest BCUT2D eigenvalue weighted by molar-refractivity contribution is 14.1. The van der Waals surface area contributed by atoms with Crippen molar-refractivity contribution in [3.05, 3.63) is 75.8 Å². The maximum absolute atomic E-state index is 11.1. The first-order valence-electron chi connectivity index (χ1n) is 6.72. The van der Waals surface area contributed by atoms with Crippen LogP contribution >= 0.6 is 22.6 Å². The largest absolute Gasteiger partial charge is 0.478 e. The molecule has 1 heterocycles. The minimum Gasteiger partial charge on any atom is -0.478 e. The van der Waals surface area contributed by atoms with Crippen molar-refractivity contribution in [3.8, 4) is 11.3 Å². The number of carboxylic acids is 1. The van der Waals surface area contributed by atoms with E-state index in [1.54, 1.807) is 24.5 Å². The lowest BCUT2D eigenvalue weighted by atomic mass is 10.1. The van der Waals surface area contributed by atoms with E-state index in [1.807, 2.05) is 16.8 Å². The van der Waals surface area contributed by atoms with Crippen molar-refractivity contribution in [2.45, 2.75) is 6.54 Å². The van der Waals surface area contributed by atoms with Crippen molar-refractivity contribution in [1.82, 2.24) is 9.55 Å². The normalized spacial score (nSPS) is 10.6. The average molecular weight is 404 g/mol. The highest BCUT2D eigenvalue weighted by Crippen LogP contribution is 2.21. The zero-order chi connectivity index (χ0) is 15.5. The second-order valence-corrected chi connectivity index (χ2v) is 6.16. The van der Waals surface area contributed by atoms with E-state index in [1.165, 1.54) is 3.57 Å². The summed E-state index contributed by atoms with van der Waals surface area (Å²) in [6.07, 6.45) is 3.59. The lowest BCUT2D eigenvalue weighted by Gasteiger charge is -2.09. The summed E-state index contributed by atoms with van der Waals surface area (Å²) in [4.78, 5) is 15.3. The molecular weight excluding hydrogens is 391 g/mol. The Labute approximate surface area is 141 Å². The number of hydrogen-bond donors (Lipinski definition) is 1. The van der Waals surface area contributed by atoms with Crippen LogP contribution in [0.15, 0.2) is 61.1 Å². The van der Waals surface area contributed by atoms with E-state index in [0.29, 0.717) is 12.1 Å². The van der Waals surface area contributed by atoms with E-state index < -0.39 is 5.97 Å². The van der Waals surface area contributed by atoms with Gasteiger partial charge in [0.25, 0.3) is 0 Å². The molecule has 3 aromatic rings. The maximum Gasteiger partial charge on any atom is 0.335 e. The van der Waals surface area contributed by atoms with E-state index >= 15 is 0 Å². The lowest BCUT2D eigenvalue weighted by molar-refractivity contribution is 0.0696. The van der Waals surface area contributed by atoms with Crippen molar-refractivity contribution in [2.24, 2.45) is 0 Å². The first kappa shape index (κ1) is 14.8. The van der Waals surface area contributed by atoms with Crippen LogP contribution in [-0.2, 0) is 6.54 Å². The molecule has 0 saturated carbocycles. The molecule has 4 nitrogen and oxygen atoms in total. The Morgan fingerprint density at radius 2 is 1.95 bits per heavy atom. The highest BCUT2D eigenvalue weighted by Gasteiger charge is 2.08. The Kier molecular flexibility index (Phi) is 4.24. The van der Waals surface area contributed by atoms with Crippen molar-refractivity contribution in [2.75, 3.05) is 0 Å². The third kappa shape index (κ3) is 3.19. The van der Waals surface area contributed by atoms with Crippen molar-refractivity contribution < 1.29 is 9.90 Å². The van der Waals surface area contributed by atoms with Crippen LogP contribution in [0.25, 0.3) is 11.3 Å². The predicted octanol–water partition coefficient (Wildman–Crippen LogP) is 3.90. The smallest absolute Gasteiger partial charge is 0.335 e. The van der Waals surface area contributed by atoms with Gasteiger partial charge in [-0.25, -0.2) is 9.78 Å². The summed E-state index contributed by atoms with van der Waals surface area (Å²) in [7, 11) is 0. The minimum atomic E-state index is -0.912. The molecule has 0 radical (unpaired) electrons. The molecule has 2 aromatic carbocycles. The van der Waals surface area contributed by atoms with Gasteiger partial charge < -0.3 is 9.67 Å². The summed E-state index contributed by atoms with van der Waals surface area (Å²) in [5.74, 6) is -0.912. The van der Waals surface area contributed by atoms with Gasteiger partial charge in [0.15, 0.2) is 0 Å². The monoisotopic (exact) mass is 404 g/mol. The number of carboxylic acid groups (broad SMARTS) is 1. The number of aromatic carboxylic acids is 1. The molecule has 0 spiro atoms. The third-order valence-corrected chi connectivity index (χ3v) is 4.10. The fourth-order valence-electron chi connectivity index (χ4n) is 2.31. The van der Waals surface area contributed by atoms with Gasteiger partial charge >= 0.3 is 5.97 Å². The van der Waals surface area contributed by atoms with Crippen molar-refractivity contribution in [3.63, 3.8) is 0 Å². The van der Waals surface area contributed by atoms with E-state index in [0.717, 1.165) is 16.8 Å². The van der Waals surface area contributed by atoms with Gasteiger partial charge in [-0.05, 0) is 58.0 Å². The molecule has 1 N–H and O–H groups in total. The number of benzene rings is 2. The second-order valence-electron chi connectivity index (χ2n) is 4.92. The van der Waals surface area contributed by atoms with Crippen LogP contribution in [0.4, 0.5) is 0 Å². The molecule has 0 aliphatic carbocycles. The van der Waals surface area contributed by atoms with E-state index in [-0.39, 0.29) is 0 Å². The van der Waals surface area contributed by atoms with Crippen LogP contribution in [0.5, 0.6) is 0 Å². The molecular formula is C17H13IN2O2. The van der Waals surface area contributed by atoms with Crippen molar-refractivity contribution >= 4 is 28.6 Å². The molecule has 0 fully saturated rings. The number of imidazole rings is 1. The molecule has 22 heavy (non-hydrogen) atoms. The molecule has 0 amide bonds. The first-order chi connectivity index (χ1) is 10.6. The number of aromatic nitrogens is 2. The zero-order valence-electron chi connectivity index (χ0n) is 11.6. The molecule has 0 bridgehead atoms. The van der Waals surface area contributed by atoms with Crippen molar-refractivity contribution in [1.29, 1.82) is 0 Å². The van der Waals surface area contributed by atoms with Gasteiger partial charge in [0, 0.05) is 10.1 Å². The molecule has 0 atom stereocenters. The third-order valence-electron chi connectivity index (χ3n) is 3.38. The Morgan fingerprint density at radius 3 is 2.68 bits per heavy atom. The molecule has 1 aromatic heterocycles. The van der Waals surface area contributed by atoms with Crippen LogP contribution in [0.1, 0.15) is 15.9 Å². The number of hydrogen-bond acceptors (Lipinski definition) is 2. The Hall–Kier alpha value is -2.15. The number of carbonyl (C=O) groups is 1. The van der Waals surface area contributed by atoms with Gasteiger partial charge in [-0.3, -0.25) is 0 Å². The van der Waals surface area contributed by atoms with Crippen LogP contribution < -0.4 is 0 Å². The van der Waals surface area contributed by atoms with Gasteiger partial charge in [-0.2, -0.15) is 0 Å². The molecule has 0 aliphatic heterocycles. The molecule has 5 heteroatoms. The molecule has 0 aliphatic rings. The summed E-state index contributed by atoms with van der Waals surface area (Å²) >= 11 is 2.27. The second kappa shape index (κ2) is 6.31. The van der Waals surface area contributed by atoms with Gasteiger partial charge in [-0.15, -0.1) is 0 Å². The fourth-order valence-corrected chi connectivity index (χ4v) is 2.67. The Balaban J connectivity index is 1.91. The molecule has 0 unspecified atom stereocenters. The van der Waals surface area contributed by atoms with Gasteiger partial charge in [-0.1, -0.05) is 24.3 Å². The van der Waals surface area contributed by atoms with Crippen LogP contribution in [-0.4, -0.2) is 20.6 Å². The minimum absolute atomic E-state index is 0.299. The van der Waals surface area contributed by atoms with Gasteiger partial charge in [0.2, 0.25) is 0 Å². The van der Waals surface area contributed by atoms with E-state index in [4.69, 9.17) is 5.11 Å². The average Bonchev–Trinajstić information content (AvgIpc) is 2.96. The van der Waals surface area contributed by atoms with Gasteiger partial charge in [0.1, 0.15) is 0 Å². The lowest BCUT2D eigenvalue weighted by Crippen LogP contribution is -2.03. The highest BCUT2D eigenvalue weighted by atomic mass is 127. The first-order valence-corrected chi connectivity index (χ1v) is 7.79. The fraction of sp³-hybridized carbons (Fsp3) is 0.0588. The Morgan fingerprint density at radius 1 is 1.18 bits per heavy atom. The Bertz CT molecular complexity index is 810. The predicted molar refractivity (Wildman–Crippen MR) is 92.9 cm³/mol. The molecule has 0 saturated heterocycles. The topological polar surface area (TPSA) is 55.1 Å². The number of nitrogens with zero attached hydrogens (tertiary/aromatic N) is 2. The SMILES string of the molecule is O=C(O)c1cccc(Cn2cncc2-c2ccc(I)cc2)c1. The summed E-state index contributed by atoms with van der Waals surface area (Å²) in [6.45, 7) is 0.586. The zero-order valence-corrected chi connectivity index (χ0v) is 13.8. The maximum atomic E-state index is 11.1. The summed E-state index contributed by atoms with van der Waals surface area (Å²) in [5, 5.41) is 9.07. The van der Waals surface area contributed by atoms with Gasteiger partial charge in [0.05, 0.1) is 23.8 Å². The van der Waals surface area contributed by atoms with Crippen LogP contribution in [0.3, 0.4) is 0 Å². The molecule has 110 valence electrons. The van der Waals surface area contributed by atoms with E-state index in [9.17, 15) is 4.79 Å². The molecule has 3 rings (SSSR count). The quantitative estimate of drug-likeness (QED) is 0.672. The van der Waals surface area contributed by atoms with Crippen LogP contribution in [0.2, 0.25) is 0 Å². The summed E-state index contributed by atoms with van der Waals surface area (Å²) < 4.78 is 3.20. The number of halogens is 1. The van der Waals surface area contributed by atoms with Crippen LogP contribution in [0, 0.1) is 3.57 Å².